The average Bonchev–Trinajstić information content (AvgIpc) is 3.17. The third-order valence-electron chi connectivity index (χ3n) is 7.93. The van der Waals surface area contributed by atoms with Gasteiger partial charge in [-0.3, -0.25) is 9.59 Å². The van der Waals surface area contributed by atoms with Gasteiger partial charge in [0.15, 0.2) is 34.6 Å². The van der Waals surface area contributed by atoms with E-state index < -0.39 is 12.3 Å². The normalized spacial score (nSPS) is 16.1. The lowest BCUT2D eigenvalue weighted by Gasteiger charge is -2.19. The molecule has 6 rings (SSSR count). The van der Waals surface area contributed by atoms with Gasteiger partial charge < -0.3 is 32.7 Å². The van der Waals surface area contributed by atoms with Crippen LogP contribution in [0.25, 0.3) is 0 Å². The van der Waals surface area contributed by atoms with Crippen molar-refractivity contribution in [3.8, 4) is 12.1 Å². The van der Waals surface area contributed by atoms with Crippen molar-refractivity contribution >= 4 is 92.2 Å². The molecule has 2 aliphatic heterocycles. The number of carbonyl (C=O) groups excluding carboxylic acids is 2. The molecule has 8 N–H and O–H groups in total. The first-order chi connectivity index (χ1) is 26.6. The number of hydrogen-bond acceptors (Lipinski definition) is 14. The van der Waals surface area contributed by atoms with E-state index in [4.69, 9.17) is 34.7 Å². The van der Waals surface area contributed by atoms with E-state index in [0.29, 0.717) is 65.1 Å². The molecular weight excluding hydrogens is 780 g/mol. The van der Waals surface area contributed by atoms with Crippen LogP contribution in [0.3, 0.4) is 0 Å². The molecule has 0 saturated carbocycles. The molecule has 4 aromatic rings. The molecule has 0 saturated heterocycles. The number of benzene rings is 4. The number of aliphatic imine (C=N–C) groups is 4. The van der Waals surface area contributed by atoms with Crippen LogP contribution >= 0.6 is 46.7 Å². The third-order valence-corrected chi connectivity index (χ3v) is 10.4. The molecule has 0 aliphatic carbocycles. The van der Waals surface area contributed by atoms with E-state index in [9.17, 15) is 20.1 Å². The molecule has 0 radical (unpaired) electrons. The Morgan fingerprint density at radius 1 is 0.673 bits per heavy atom. The molecular formula is C37H30Cl2N12O2S2. The van der Waals surface area contributed by atoms with Gasteiger partial charge in [-0.1, -0.05) is 95.3 Å². The van der Waals surface area contributed by atoms with Gasteiger partial charge in [0, 0.05) is 39.0 Å². The Morgan fingerprint density at radius 2 is 1.09 bits per heavy atom. The van der Waals surface area contributed by atoms with Crippen molar-refractivity contribution in [3.05, 3.63) is 128 Å². The van der Waals surface area contributed by atoms with Crippen LogP contribution in [-0.2, 0) is 16.0 Å². The molecule has 276 valence electrons. The van der Waals surface area contributed by atoms with Gasteiger partial charge in [0.2, 0.25) is 11.8 Å². The monoisotopic (exact) mass is 808 g/mol. The molecule has 0 spiro atoms. The molecule has 0 aromatic heterocycles. The minimum absolute atomic E-state index is 0.00421. The van der Waals surface area contributed by atoms with Crippen LogP contribution in [0.4, 0.5) is 11.4 Å². The second-order valence-electron chi connectivity index (χ2n) is 11.8. The predicted molar refractivity (Wildman–Crippen MR) is 220 cm³/mol. The Balaban J connectivity index is 1.03. The maximum Gasteiger partial charge on any atom is 0.234 e. The van der Waals surface area contributed by atoms with Crippen molar-refractivity contribution in [2.75, 3.05) is 22.1 Å². The van der Waals surface area contributed by atoms with Crippen molar-refractivity contribution in [1.82, 2.24) is 10.6 Å². The van der Waals surface area contributed by atoms with Crippen LogP contribution < -0.4 is 32.7 Å². The van der Waals surface area contributed by atoms with Gasteiger partial charge in [-0.15, -0.1) is 0 Å². The number of carbonyl (C=O) groups is 2. The number of hydrogen-bond donors (Lipinski definition) is 6. The first kappa shape index (κ1) is 38.7. The van der Waals surface area contributed by atoms with E-state index in [1.807, 2.05) is 12.1 Å². The molecule has 4 aromatic carbocycles. The molecule has 2 heterocycles. The number of thioether (sulfide) groups is 2. The van der Waals surface area contributed by atoms with E-state index in [2.05, 4.69) is 53.4 Å². The van der Waals surface area contributed by atoms with Crippen molar-refractivity contribution in [2.45, 2.75) is 18.8 Å². The highest BCUT2D eigenvalue weighted by molar-refractivity contribution is 8.14. The minimum atomic E-state index is -0.640. The molecule has 14 nitrogen and oxygen atoms in total. The highest BCUT2D eigenvalue weighted by Crippen LogP contribution is 2.30. The largest absolute Gasteiger partial charge is 0.370 e. The van der Waals surface area contributed by atoms with Crippen molar-refractivity contribution < 1.29 is 9.59 Å². The number of amidine groups is 2. The first-order valence-corrected chi connectivity index (χ1v) is 19.1. The maximum absolute atomic E-state index is 12.9. The topological polar surface area (TPSA) is 231 Å². The fourth-order valence-electron chi connectivity index (χ4n) is 5.38. The van der Waals surface area contributed by atoms with Crippen LogP contribution in [0.1, 0.15) is 45.7 Å². The summed E-state index contributed by atoms with van der Waals surface area (Å²) in [5.74, 6) is -0.340. The molecule has 2 amide bonds. The number of amides is 2. The van der Waals surface area contributed by atoms with Gasteiger partial charge in [-0.05, 0) is 47.5 Å². The SMILES string of the molecule is N#Cc1cc(NC(=O)CSC2=N[C@H](c3ccccc3Cl)N=C(N)N2)ccc1Cc1ccc(NC(=O)CSC2=N[C@@H](c3ccccc3Cl)N=C(N)N2)cc1C#N. The van der Waals surface area contributed by atoms with Gasteiger partial charge in [-0.2, -0.15) is 10.5 Å². The van der Waals surface area contributed by atoms with Crippen LogP contribution in [0, 0.1) is 22.7 Å². The van der Waals surface area contributed by atoms with Gasteiger partial charge in [0.1, 0.15) is 0 Å². The predicted octanol–water partition coefficient (Wildman–Crippen LogP) is 5.62. The Morgan fingerprint density at radius 3 is 1.49 bits per heavy atom. The summed E-state index contributed by atoms with van der Waals surface area (Å²) in [5, 5.41) is 33.0. The molecule has 18 heteroatoms. The number of guanidine groups is 2. The van der Waals surface area contributed by atoms with Gasteiger partial charge in [0.05, 0.1) is 34.8 Å². The van der Waals surface area contributed by atoms with Gasteiger partial charge >= 0.3 is 0 Å². The molecule has 0 fully saturated rings. The number of nitrogens with zero attached hydrogens (tertiary/aromatic N) is 6. The van der Waals surface area contributed by atoms with Crippen LogP contribution in [0.5, 0.6) is 0 Å². The zero-order valence-electron chi connectivity index (χ0n) is 28.6. The summed E-state index contributed by atoms with van der Waals surface area (Å²) in [6.07, 6.45) is -1.01. The van der Waals surface area contributed by atoms with Crippen LogP contribution in [0.15, 0.2) is 105 Å². The first-order valence-electron chi connectivity index (χ1n) is 16.3. The second kappa shape index (κ2) is 17.9. The lowest BCUT2D eigenvalue weighted by atomic mass is 9.96. The van der Waals surface area contributed by atoms with E-state index in [-0.39, 0.29) is 41.7 Å². The number of nitriles is 2. The Labute approximate surface area is 334 Å². The highest BCUT2D eigenvalue weighted by Gasteiger charge is 2.22. The standard InChI is InChI=1S/C37H30Cl2N12O2S2/c38-28-7-3-1-5-26(28)32-46-34(42)50-36(48-32)54-18-30(52)44-24-11-9-20(22(14-24)16-40)13-21-10-12-25(15-23(21)17-41)45-31(53)19-55-37-49-33(47-35(43)51-37)27-6-2-4-8-29(27)39/h1-12,14-15,32-33H,13,18-19H2,(H,44,52)(H,45,53)(H3,42,46,48,50)(H3,43,47,49,51)/t32-,33+. The molecule has 2 atom stereocenters. The van der Waals surface area contributed by atoms with E-state index in [1.54, 1.807) is 72.8 Å². The second-order valence-corrected chi connectivity index (χ2v) is 14.5. The van der Waals surface area contributed by atoms with Crippen LogP contribution in [0.2, 0.25) is 10.0 Å². The number of anilines is 2. The third kappa shape index (κ3) is 10.1. The van der Waals surface area contributed by atoms with Crippen molar-refractivity contribution in [1.29, 1.82) is 10.5 Å². The fourth-order valence-corrected chi connectivity index (χ4v) is 7.23. The zero-order valence-corrected chi connectivity index (χ0v) is 31.7. The Bertz CT molecular complexity index is 2210. The summed E-state index contributed by atoms with van der Waals surface area (Å²) in [6, 6.07) is 28.7. The summed E-state index contributed by atoms with van der Waals surface area (Å²) in [6.45, 7) is 0. The Kier molecular flexibility index (Phi) is 12.6. The van der Waals surface area contributed by atoms with Crippen molar-refractivity contribution in [2.24, 2.45) is 31.4 Å². The number of nitrogens with two attached hydrogens (primary N) is 2. The van der Waals surface area contributed by atoms with Gasteiger partial charge in [0.25, 0.3) is 0 Å². The summed E-state index contributed by atoms with van der Waals surface area (Å²) >= 11 is 14.9. The fraction of sp³-hybridized carbons (Fsp3) is 0.135. The highest BCUT2D eigenvalue weighted by atomic mass is 35.5. The summed E-state index contributed by atoms with van der Waals surface area (Å²) in [4.78, 5) is 43.3. The summed E-state index contributed by atoms with van der Waals surface area (Å²) in [7, 11) is 0. The molecule has 0 unspecified atom stereocenters. The van der Waals surface area contributed by atoms with Gasteiger partial charge in [-0.25, -0.2) is 20.0 Å². The lowest BCUT2D eigenvalue weighted by molar-refractivity contribution is -0.114. The zero-order chi connectivity index (χ0) is 38.9. The molecule has 2 aliphatic rings. The van der Waals surface area contributed by atoms with E-state index in [1.165, 1.54) is 0 Å². The average molecular weight is 810 g/mol. The van der Waals surface area contributed by atoms with Crippen LogP contribution in [-0.4, -0.2) is 45.6 Å². The smallest absolute Gasteiger partial charge is 0.234 e. The Hall–Kier alpha value is -6.04. The summed E-state index contributed by atoms with van der Waals surface area (Å²) < 4.78 is 0. The van der Waals surface area contributed by atoms with E-state index in [0.717, 1.165) is 23.5 Å². The van der Waals surface area contributed by atoms with E-state index >= 15 is 0 Å². The quantitative estimate of drug-likeness (QED) is 0.116. The lowest BCUT2D eigenvalue weighted by Crippen LogP contribution is -2.39. The number of halogens is 2. The van der Waals surface area contributed by atoms with Crippen molar-refractivity contribution in [3.63, 3.8) is 0 Å². The minimum Gasteiger partial charge on any atom is -0.370 e. The maximum atomic E-state index is 12.9. The summed E-state index contributed by atoms with van der Waals surface area (Å²) in [5.41, 5.74) is 16.1. The number of nitrogens with one attached hydrogen (secondary N) is 4. The number of rotatable bonds is 10. The molecule has 0 bridgehead atoms. The molecule has 55 heavy (non-hydrogen) atoms.